The van der Waals surface area contributed by atoms with E-state index in [1.54, 1.807) is 11.8 Å². The summed E-state index contributed by atoms with van der Waals surface area (Å²) in [5.41, 5.74) is 1.26. The highest BCUT2D eigenvalue weighted by Gasteiger charge is 2.43. The smallest absolute Gasteiger partial charge is 0.326 e. The molecule has 1 spiro atoms. The molecule has 3 aliphatic rings. The molecule has 4 rings (SSSR count). The number of rotatable bonds is 4. The van der Waals surface area contributed by atoms with Gasteiger partial charge in [-0.3, -0.25) is 9.69 Å². The molecule has 27 heavy (non-hydrogen) atoms. The van der Waals surface area contributed by atoms with E-state index in [1.165, 1.54) is 5.56 Å². The molecule has 1 aromatic carbocycles. The molecule has 0 bridgehead atoms. The largest absolute Gasteiger partial charge is 0.480 e. The number of carboxylic acids is 1. The predicted molar refractivity (Wildman–Crippen MR) is 97.6 cm³/mol. The molecule has 0 radical (unpaired) electrons. The van der Waals surface area contributed by atoms with Gasteiger partial charge in [0.25, 0.3) is 0 Å². The van der Waals surface area contributed by atoms with Gasteiger partial charge < -0.3 is 19.5 Å². The van der Waals surface area contributed by atoms with Crippen molar-refractivity contribution in [3.63, 3.8) is 0 Å². The van der Waals surface area contributed by atoms with Gasteiger partial charge in [-0.05, 0) is 62.4 Å². The molecule has 7 nitrogen and oxygen atoms in total. The van der Waals surface area contributed by atoms with Gasteiger partial charge >= 0.3 is 5.97 Å². The van der Waals surface area contributed by atoms with Gasteiger partial charge in [-0.2, -0.15) is 0 Å². The lowest BCUT2D eigenvalue weighted by molar-refractivity contribution is -0.155. The molecule has 3 aliphatic heterocycles. The molecule has 1 aromatic rings. The second-order valence-electron chi connectivity index (χ2n) is 8.00. The van der Waals surface area contributed by atoms with Crippen LogP contribution in [-0.2, 0) is 16.1 Å². The SMILES string of the molecule is CC(C(=O)O)N1CC2(CCC1=O)CCN(Cc1ccc3c(c1)OCO3)CC2. The van der Waals surface area contributed by atoms with E-state index in [0.29, 0.717) is 13.0 Å². The van der Waals surface area contributed by atoms with Crippen molar-refractivity contribution in [2.45, 2.75) is 45.2 Å². The standard InChI is InChI=1S/C20H26N2O5/c1-14(19(24)25)22-12-20(5-4-18(22)23)6-8-21(9-7-20)11-15-2-3-16-17(10-15)27-13-26-16/h2-3,10,14H,4-9,11-13H2,1H3,(H,24,25). The zero-order chi connectivity index (χ0) is 19.0. The van der Waals surface area contributed by atoms with E-state index in [-0.39, 0.29) is 18.1 Å². The van der Waals surface area contributed by atoms with Crippen LogP contribution in [-0.4, -0.2) is 59.3 Å². The zero-order valence-electron chi connectivity index (χ0n) is 15.6. The van der Waals surface area contributed by atoms with Gasteiger partial charge in [0.1, 0.15) is 6.04 Å². The highest BCUT2D eigenvalue weighted by molar-refractivity contribution is 5.84. The number of nitrogens with zero attached hydrogens (tertiary/aromatic N) is 2. The summed E-state index contributed by atoms with van der Waals surface area (Å²) in [7, 11) is 0. The summed E-state index contributed by atoms with van der Waals surface area (Å²) < 4.78 is 10.8. The Bertz CT molecular complexity index is 742. The number of carbonyl (C=O) groups excluding carboxylic acids is 1. The second kappa shape index (κ2) is 7.03. The highest BCUT2D eigenvalue weighted by Crippen LogP contribution is 2.41. The first kappa shape index (κ1) is 18.1. The Balaban J connectivity index is 1.36. The Morgan fingerprint density at radius 2 is 1.96 bits per heavy atom. The average molecular weight is 374 g/mol. The van der Waals surface area contributed by atoms with Crippen LogP contribution in [0.25, 0.3) is 0 Å². The van der Waals surface area contributed by atoms with E-state index in [2.05, 4.69) is 11.0 Å². The number of hydrogen-bond acceptors (Lipinski definition) is 5. The van der Waals surface area contributed by atoms with Crippen LogP contribution in [0.3, 0.4) is 0 Å². The fourth-order valence-electron chi connectivity index (χ4n) is 4.42. The number of fused-ring (bicyclic) bond motifs is 1. The van der Waals surface area contributed by atoms with Crippen molar-refractivity contribution in [2.75, 3.05) is 26.4 Å². The van der Waals surface area contributed by atoms with Crippen LogP contribution >= 0.6 is 0 Å². The van der Waals surface area contributed by atoms with Gasteiger partial charge in [0.15, 0.2) is 11.5 Å². The van der Waals surface area contributed by atoms with Gasteiger partial charge in [0.05, 0.1) is 0 Å². The maximum Gasteiger partial charge on any atom is 0.326 e. The number of piperidine rings is 2. The van der Waals surface area contributed by atoms with Crippen LogP contribution in [0.2, 0.25) is 0 Å². The Morgan fingerprint density at radius 3 is 2.70 bits per heavy atom. The van der Waals surface area contributed by atoms with Crippen molar-refractivity contribution in [3.05, 3.63) is 23.8 Å². The predicted octanol–water partition coefficient (Wildman–Crippen LogP) is 2.09. The first-order valence-corrected chi connectivity index (χ1v) is 9.59. The van der Waals surface area contributed by atoms with Crippen molar-refractivity contribution in [3.8, 4) is 11.5 Å². The van der Waals surface area contributed by atoms with Crippen LogP contribution in [0.1, 0.15) is 38.2 Å². The van der Waals surface area contributed by atoms with Crippen LogP contribution in [0, 0.1) is 5.41 Å². The number of ether oxygens (including phenoxy) is 2. The molecule has 2 saturated heterocycles. The molecule has 1 N–H and O–H groups in total. The third-order valence-corrected chi connectivity index (χ3v) is 6.28. The van der Waals surface area contributed by atoms with E-state index < -0.39 is 12.0 Å². The lowest BCUT2D eigenvalue weighted by atomic mass is 9.72. The minimum absolute atomic E-state index is 0.0293. The van der Waals surface area contributed by atoms with E-state index in [9.17, 15) is 14.7 Å². The molecule has 3 heterocycles. The monoisotopic (exact) mass is 374 g/mol. The lowest BCUT2D eigenvalue weighted by Crippen LogP contribution is -2.55. The van der Waals surface area contributed by atoms with Crippen LogP contribution in [0.15, 0.2) is 18.2 Å². The van der Waals surface area contributed by atoms with E-state index >= 15 is 0 Å². The van der Waals surface area contributed by atoms with Crippen molar-refractivity contribution in [1.82, 2.24) is 9.80 Å². The third kappa shape index (κ3) is 3.60. The molecule has 1 atom stereocenters. The Hall–Kier alpha value is -2.28. The summed E-state index contributed by atoms with van der Waals surface area (Å²) >= 11 is 0. The topological polar surface area (TPSA) is 79.3 Å². The summed E-state index contributed by atoms with van der Waals surface area (Å²) in [5, 5.41) is 9.29. The molecule has 2 fully saturated rings. The molecule has 7 heteroatoms. The maximum atomic E-state index is 12.2. The number of hydrogen-bond donors (Lipinski definition) is 1. The zero-order valence-corrected chi connectivity index (χ0v) is 15.6. The van der Waals surface area contributed by atoms with Gasteiger partial charge in [-0.25, -0.2) is 4.79 Å². The molecule has 0 aliphatic carbocycles. The molecular weight excluding hydrogens is 348 g/mol. The molecule has 146 valence electrons. The van der Waals surface area contributed by atoms with E-state index in [0.717, 1.165) is 50.4 Å². The summed E-state index contributed by atoms with van der Waals surface area (Å²) in [4.78, 5) is 27.5. The number of amides is 1. The molecular formula is C20H26N2O5. The van der Waals surface area contributed by atoms with Gasteiger partial charge in [-0.1, -0.05) is 6.07 Å². The lowest BCUT2D eigenvalue weighted by Gasteiger charge is -2.48. The molecule has 0 saturated carbocycles. The fourth-order valence-corrected chi connectivity index (χ4v) is 4.42. The Morgan fingerprint density at radius 1 is 1.22 bits per heavy atom. The van der Waals surface area contributed by atoms with Crippen molar-refractivity contribution >= 4 is 11.9 Å². The minimum Gasteiger partial charge on any atom is -0.480 e. The van der Waals surface area contributed by atoms with Crippen molar-refractivity contribution < 1.29 is 24.2 Å². The molecule has 1 amide bonds. The quantitative estimate of drug-likeness (QED) is 0.869. The van der Waals surface area contributed by atoms with E-state index in [4.69, 9.17) is 9.47 Å². The van der Waals surface area contributed by atoms with Crippen molar-refractivity contribution in [1.29, 1.82) is 0 Å². The number of likely N-dealkylation sites (tertiary alicyclic amines) is 2. The Labute approximate surface area is 158 Å². The average Bonchev–Trinajstić information content (AvgIpc) is 3.13. The first-order valence-electron chi connectivity index (χ1n) is 9.59. The van der Waals surface area contributed by atoms with Crippen LogP contribution in [0.5, 0.6) is 11.5 Å². The summed E-state index contributed by atoms with van der Waals surface area (Å²) in [6, 6.07) is 5.33. The van der Waals surface area contributed by atoms with Gasteiger partial charge in [0.2, 0.25) is 12.7 Å². The number of benzene rings is 1. The van der Waals surface area contributed by atoms with Crippen LogP contribution in [0.4, 0.5) is 0 Å². The normalized spacial score (nSPS) is 22.9. The molecule has 1 unspecified atom stereocenters. The summed E-state index contributed by atoms with van der Waals surface area (Å²) in [6.07, 6.45) is 3.31. The van der Waals surface area contributed by atoms with Gasteiger partial charge in [0, 0.05) is 19.5 Å². The summed E-state index contributed by atoms with van der Waals surface area (Å²) in [6.45, 7) is 5.23. The van der Waals surface area contributed by atoms with Crippen LogP contribution < -0.4 is 9.47 Å². The first-order chi connectivity index (χ1) is 13.0. The number of carboxylic acid groups (broad SMARTS) is 1. The maximum absolute atomic E-state index is 12.2. The number of carbonyl (C=O) groups is 2. The Kier molecular flexibility index (Phi) is 4.72. The van der Waals surface area contributed by atoms with Gasteiger partial charge in [-0.15, -0.1) is 0 Å². The summed E-state index contributed by atoms with van der Waals surface area (Å²) in [5.74, 6) is 0.653. The second-order valence-corrected chi connectivity index (χ2v) is 8.00. The highest BCUT2D eigenvalue weighted by atomic mass is 16.7. The minimum atomic E-state index is -0.930. The van der Waals surface area contributed by atoms with E-state index in [1.807, 2.05) is 12.1 Å². The third-order valence-electron chi connectivity index (χ3n) is 6.28. The number of aliphatic carboxylic acids is 1. The van der Waals surface area contributed by atoms with Crippen molar-refractivity contribution in [2.24, 2.45) is 5.41 Å². The fraction of sp³-hybridized carbons (Fsp3) is 0.600. The molecule has 0 aromatic heterocycles.